The van der Waals surface area contributed by atoms with Crippen LogP contribution in [0.15, 0.2) is 36.9 Å². The molecule has 1 atom stereocenters. The van der Waals surface area contributed by atoms with Crippen LogP contribution in [0.3, 0.4) is 0 Å². The van der Waals surface area contributed by atoms with Crippen molar-refractivity contribution in [3.05, 3.63) is 47.0 Å². The Morgan fingerprint density at radius 1 is 1.25 bits per heavy atom. The van der Waals surface area contributed by atoms with Crippen LogP contribution < -0.4 is 10.6 Å². The maximum absolute atomic E-state index is 6.44. The van der Waals surface area contributed by atoms with Gasteiger partial charge in [0.15, 0.2) is 0 Å². The number of nitrogens with two attached hydrogens (primary N) is 1. The Labute approximate surface area is 150 Å². The summed E-state index contributed by atoms with van der Waals surface area (Å²) in [5, 5.41) is 1.91. The number of piperidine rings is 1. The van der Waals surface area contributed by atoms with Crippen LogP contribution in [0.1, 0.15) is 12.8 Å². The summed E-state index contributed by atoms with van der Waals surface area (Å²) in [6.45, 7) is 1.73. The predicted molar refractivity (Wildman–Crippen MR) is 98.3 cm³/mol. The highest BCUT2D eigenvalue weighted by Crippen LogP contribution is 2.35. The number of pyridine rings is 1. The number of aromatic nitrogens is 3. The van der Waals surface area contributed by atoms with Crippen molar-refractivity contribution in [2.75, 3.05) is 18.0 Å². The van der Waals surface area contributed by atoms with E-state index in [4.69, 9.17) is 33.9 Å². The first-order valence-electron chi connectivity index (χ1n) is 7.91. The van der Waals surface area contributed by atoms with E-state index in [9.17, 15) is 0 Å². The maximum atomic E-state index is 6.44. The smallest absolute Gasteiger partial charge is 0.131 e. The quantitative estimate of drug-likeness (QED) is 0.756. The third-order valence-electron chi connectivity index (χ3n) is 4.40. The number of anilines is 1. The number of nitrogens with zero attached hydrogens (tertiary/aromatic N) is 4. The fraction of sp³-hybridized carbons (Fsp3) is 0.294. The molecule has 1 aliphatic rings. The van der Waals surface area contributed by atoms with Gasteiger partial charge in [0.25, 0.3) is 0 Å². The number of hydrogen-bond acceptors (Lipinski definition) is 4. The van der Waals surface area contributed by atoms with Crippen LogP contribution in [0.5, 0.6) is 0 Å². The second-order valence-corrected chi connectivity index (χ2v) is 6.86. The van der Waals surface area contributed by atoms with E-state index in [2.05, 4.69) is 16.0 Å². The molecule has 3 heterocycles. The molecule has 1 aliphatic heterocycles. The van der Waals surface area contributed by atoms with Crippen LogP contribution in [0, 0.1) is 0 Å². The van der Waals surface area contributed by atoms with E-state index in [1.807, 2.05) is 16.8 Å². The highest BCUT2D eigenvalue weighted by atomic mass is 35.5. The van der Waals surface area contributed by atoms with Gasteiger partial charge in [-0.1, -0.05) is 23.2 Å². The molecule has 2 aromatic heterocycles. The molecule has 5 nitrogen and oxygen atoms in total. The zero-order valence-electron chi connectivity index (χ0n) is 13.0. The average molecular weight is 362 g/mol. The monoisotopic (exact) mass is 361 g/mol. The number of halogens is 2. The van der Waals surface area contributed by atoms with E-state index in [-0.39, 0.29) is 6.04 Å². The number of rotatable bonds is 2. The topological polar surface area (TPSA) is 60.0 Å². The molecule has 0 spiro atoms. The molecular weight excluding hydrogens is 345 g/mol. The van der Waals surface area contributed by atoms with Gasteiger partial charge in [-0.3, -0.25) is 0 Å². The van der Waals surface area contributed by atoms with Crippen LogP contribution in [0.2, 0.25) is 10.0 Å². The fourth-order valence-corrected chi connectivity index (χ4v) is 3.56. The minimum atomic E-state index is 0.169. The summed E-state index contributed by atoms with van der Waals surface area (Å²) < 4.78 is 1.96. The van der Waals surface area contributed by atoms with Crippen LogP contribution in [0.4, 0.5) is 5.82 Å². The highest BCUT2D eigenvalue weighted by Gasteiger charge is 2.20. The largest absolute Gasteiger partial charge is 0.355 e. The molecule has 1 aromatic carbocycles. The van der Waals surface area contributed by atoms with Gasteiger partial charge in [-0.25, -0.2) is 9.97 Å². The lowest BCUT2D eigenvalue weighted by atomic mass is 10.1. The number of hydrogen-bond donors (Lipinski definition) is 1. The summed E-state index contributed by atoms with van der Waals surface area (Å²) in [6, 6.07) is 5.97. The second kappa shape index (κ2) is 6.24. The van der Waals surface area contributed by atoms with Crippen molar-refractivity contribution in [1.82, 2.24) is 14.5 Å². The molecule has 0 radical (unpaired) electrons. The van der Waals surface area contributed by atoms with Crippen molar-refractivity contribution < 1.29 is 0 Å². The van der Waals surface area contributed by atoms with Gasteiger partial charge in [0.05, 0.1) is 27.6 Å². The Kier molecular flexibility index (Phi) is 4.08. The normalized spacial score (nSPS) is 18.3. The summed E-state index contributed by atoms with van der Waals surface area (Å²) in [5.41, 5.74) is 7.81. The first-order chi connectivity index (χ1) is 11.6. The minimum Gasteiger partial charge on any atom is -0.355 e. The fourth-order valence-electron chi connectivity index (χ4n) is 3.20. The van der Waals surface area contributed by atoms with Gasteiger partial charge in [-0.05, 0) is 25.0 Å². The first-order valence-corrected chi connectivity index (χ1v) is 8.66. The molecular formula is C17H17Cl2N5. The van der Waals surface area contributed by atoms with E-state index in [0.717, 1.165) is 42.8 Å². The van der Waals surface area contributed by atoms with Crippen molar-refractivity contribution in [2.45, 2.75) is 18.9 Å². The lowest BCUT2D eigenvalue weighted by Gasteiger charge is -2.32. The molecule has 124 valence electrons. The number of fused-ring (bicyclic) bond motifs is 1. The molecule has 0 aliphatic carbocycles. The van der Waals surface area contributed by atoms with Crippen molar-refractivity contribution >= 4 is 39.9 Å². The van der Waals surface area contributed by atoms with Gasteiger partial charge in [0, 0.05) is 43.0 Å². The molecule has 24 heavy (non-hydrogen) atoms. The van der Waals surface area contributed by atoms with Crippen molar-refractivity contribution in [1.29, 1.82) is 0 Å². The maximum Gasteiger partial charge on any atom is 0.131 e. The Morgan fingerprint density at radius 3 is 2.88 bits per heavy atom. The Balaban J connectivity index is 1.93. The zero-order valence-corrected chi connectivity index (χ0v) is 14.5. The molecule has 0 bridgehead atoms. The summed E-state index contributed by atoms with van der Waals surface area (Å²) in [4.78, 5) is 11.1. The van der Waals surface area contributed by atoms with E-state index < -0.39 is 0 Å². The molecule has 0 amide bonds. The van der Waals surface area contributed by atoms with Crippen molar-refractivity contribution in [2.24, 2.45) is 5.73 Å². The zero-order chi connectivity index (χ0) is 16.7. The molecule has 2 N–H and O–H groups in total. The van der Waals surface area contributed by atoms with Crippen LogP contribution >= 0.6 is 23.2 Å². The van der Waals surface area contributed by atoms with E-state index in [1.165, 1.54) is 0 Å². The van der Waals surface area contributed by atoms with Crippen LogP contribution in [-0.2, 0) is 0 Å². The Bertz CT molecular complexity index is 878. The third-order valence-corrected chi connectivity index (χ3v) is 5.20. The third kappa shape index (κ3) is 2.73. The van der Waals surface area contributed by atoms with Crippen LogP contribution in [0.25, 0.3) is 16.6 Å². The molecule has 7 heteroatoms. The summed E-state index contributed by atoms with van der Waals surface area (Å²) in [7, 11) is 0. The Morgan fingerprint density at radius 2 is 2.12 bits per heavy atom. The van der Waals surface area contributed by atoms with Crippen LogP contribution in [-0.4, -0.2) is 33.7 Å². The summed E-state index contributed by atoms with van der Waals surface area (Å²) in [6.07, 6.45) is 7.53. The molecule has 0 saturated carbocycles. The highest BCUT2D eigenvalue weighted by molar-refractivity contribution is 6.45. The Hall–Kier alpha value is -1.82. The van der Waals surface area contributed by atoms with Gasteiger partial charge in [-0.2, -0.15) is 0 Å². The lowest BCUT2D eigenvalue weighted by molar-refractivity contribution is 0.503. The molecule has 1 unspecified atom stereocenters. The van der Waals surface area contributed by atoms with Crippen molar-refractivity contribution in [3.63, 3.8) is 0 Å². The molecule has 1 saturated heterocycles. The van der Waals surface area contributed by atoms with Gasteiger partial charge in [-0.15, -0.1) is 0 Å². The van der Waals surface area contributed by atoms with Gasteiger partial charge in [0.2, 0.25) is 0 Å². The average Bonchev–Trinajstić information content (AvgIpc) is 3.12. The molecule has 3 aromatic rings. The first kappa shape index (κ1) is 15.7. The second-order valence-electron chi connectivity index (χ2n) is 6.08. The summed E-state index contributed by atoms with van der Waals surface area (Å²) in [5.74, 6) is 0.866. The molecule has 1 fully saturated rings. The van der Waals surface area contributed by atoms with Gasteiger partial charge in [0.1, 0.15) is 5.82 Å². The van der Waals surface area contributed by atoms with E-state index >= 15 is 0 Å². The van der Waals surface area contributed by atoms with Crippen molar-refractivity contribution in [3.8, 4) is 5.69 Å². The van der Waals surface area contributed by atoms with Gasteiger partial charge >= 0.3 is 0 Å². The number of imidazole rings is 1. The summed E-state index contributed by atoms with van der Waals surface area (Å²) >= 11 is 12.6. The lowest BCUT2D eigenvalue weighted by Crippen LogP contribution is -2.43. The number of benzene rings is 1. The minimum absolute atomic E-state index is 0.169. The standard InChI is InChI=1S/C17H17Cl2N5/c18-13-4-3-12-14(24-7-5-21-10-24)8-15(22-17(12)16(13)19)23-6-1-2-11(20)9-23/h3-5,7-8,10-11H,1-2,6,9,20H2. The van der Waals surface area contributed by atoms with Gasteiger partial charge < -0.3 is 15.2 Å². The predicted octanol–water partition coefficient (Wildman–Crippen LogP) is 3.65. The van der Waals surface area contributed by atoms with E-state index in [0.29, 0.717) is 15.6 Å². The SMILES string of the molecule is NC1CCCN(c2cc(-n3ccnc3)c3ccc(Cl)c(Cl)c3n2)C1. The van der Waals surface area contributed by atoms with E-state index in [1.54, 1.807) is 18.6 Å². The molecule has 4 rings (SSSR count).